The van der Waals surface area contributed by atoms with Crippen LogP contribution in [0.3, 0.4) is 0 Å². The van der Waals surface area contributed by atoms with Crippen molar-refractivity contribution in [1.82, 2.24) is 9.97 Å². The molecule has 20 heavy (non-hydrogen) atoms. The van der Waals surface area contributed by atoms with Crippen molar-refractivity contribution in [1.29, 1.82) is 0 Å². The molecule has 0 amide bonds. The van der Waals surface area contributed by atoms with Gasteiger partial charge in [0.1, 0.15) is 12.1 Å². The van der Waals surface area contributed by atoms with Gasteiger partial charge in [-0.25, -0.2) is 9.97 Å². The van der Waals surface area contributed by atoms with E-state index in [9.17, 15) is 0 Å². The van der Waals surface area contributed by atoms with Crippen LogP contribution in [0.2, 0.25) is 0 Å². The quantitative estimate of drug-likeness (QED) is 0.791. The third-order valence-corrected chi connectivity index (χ3v) is 3.04. The number of nitrogens with two attached hydrogens (primary N) is 1. The smallest absolute Gasteiger partial charge is 0.218 e. The van der Waals surface area contributed by atoms with Gasteiger partial charge >= 0.3 is 0 Å². The number of nitrogens with one attached hydrogen (secondary N) is 1. The van der Waals surface area contributed by atoms with Crippen molar-refractivity contribution in [2.45, 2.75) is 26.8 Å². The summed E-state index contributed by atoms with van der Waals surface area (Å²) in [6.45, 7) is 5.40. The Morgan fingerprint density at radius 3 is 2.95 bits per heavy atom. The van der Waals surface area contributed by atoms with Gasteiger partial charge in [0.25, 0.3) is 0 Å². The van der Waals surface area contributed by atoms with Gasteiger partial charge in [-0.3, -0.25) is 0 Å². The Bertz CT molecular complexity index is 572. The maximum absolute atomic E-state index is 5.90. The Labute approximate surface area is 119 Å². The molecule has 0 atom stereocenters. The van der Waals surface area contributed by atoms with Crippen molar-refractivity contribution in [3.05, 3.63) is 41.7 Å². The molecule has 2 aromatic rings. The van der Waals surface area contributed by atoms with Crippen molar-refractivity contribution in [3.8, 4) is 5.88 Å². The van der Waals surface area contributed by atoms with Crippen LogP contribution in [0, 0.1) is 6.92 Å². The highest BCUT2D eigenvalue weighted by Crippen LogP contribution is 2.17. The third-order valence-electron chi connectivity index (χ3n) is 3.04. The molecule has 1 heterocycles. The van der Waals surface area contributed by atoms with E-state index in [1.807, 2.05) is 25.1 Å². The van der Waals surface area contributed by atoms with Crippen LogP contribution in [-0.2, 0) is 6.54 Å². The number of benzene rings is 1. The van der Waals surface area contributed by atoms with Crippen LogP contribution in [0.5, 0.6) is 5.88 Å². The number of ether oxygens (including phenoxy) is 1. The first-order valence-corrected chi connectivity index (χ1v) is 6.73. The van der Waals surface area contributed by atoms with Gasteiger partial charge in [-0.15, -0.1) is 0 Å². The summed E-state index contributed by atoms with van der Waals surface area (Å²) in [5, 5.41) is 3.26. The highest BCUT2D eigenvalue weighted by atomic mass is 16.5. The summed E-state index contributed by atoms with van der Waals surface area (Å²) in [6, 6.07) is 7.71. The Morgan fingerprint density at radius 1 is 1.30 bits per heavy atom. The SMILES string of the molecule is CCCOc1cc(NCc2cccc(N)c2C)ncn1. The summed E-state index contributed by atoms with van der Waals surface area (Å²) >= 11 is 0. The Hall–Kier alpha value is -2.30. The van der Waals surface area contributed by atoms with Gasteiger partial charge in [-0.05, 0) is 30.5 Å². The standard InChI is InChI=1S/C15H20N4O/c1-3-7-20-15-8-14(18-10-19-15)17-9-12-5-4-6-13(16)11(12)2/h4-6,8,10H,3,7,9,16H2,1-2H3,(H,17,18,19). The topological polar surface area (TPSA) is 73.1 Å². The zero-order valence-corrected chi connectivity index (χ0v) is 11.9. The van der Waals surface area contributed by atoms with E-state index >= 15 is 0 Å². The Balaban J connectivity index is 2.01. The van der Waals surface area contributed by atoms with Crippen LogP contribution < -0.4 is 15.8 Å². The number of nitrogens with zero attached hydrogens (tertiary/aromatic N) is 2. The predicted octanol–water partition coefficient (Wildman–Crippen LogP) is 2.77. The first kappa shape index (κ1) is 14.1. The lowest BCUT2D eigenvalue weighted by molar-refractivity contribution is 0.305. The van der Waals surface area contributed by atoms with Crippen LogP contribution in [0.4, 0.5) is 11.5 Å². The lowest BCUT2D eigenvalue weighted by Crippen LogP contribution is -2.05. The van der Waals surface area contributed by atoms with Crippen molar-refractivity contribution in [2.24, 2.45) is 0 Å². The molecule has 0 radical (unpaired) electrons. The van der Waals surface area contributed by atoms with E-state index in [0.29, 0.717) is 19.0 Å². The van der Waals surface area contributed by atoms with Crippen LogP contribution in [-0.4, -0.2) is 16.6 Å². The number of anilines is 2. The molecule has 1 aromatic carbocycles. The summed E-state index contributed by atoms with van der Waals surface area (Å²) in [5.41, 5.74) is 8.95. The molecule has 2 rings (SSSR count). The maximum Gasteiger partial charge on any atom is 0.218 e. The molecule has 0 aliphatic heterocycles. The van der Waals surface area contributed by atoms with Crippen molar-refractivity contribution in [2.75, 3.05) is 17.7 Å². The fraction of sp³-hybridized carbons (Fsp3) is 0.333. The van der Waals surface area contributed by atoms with E-state index < -0.39 is 0 Å². The lowest BCUT2D eigenvalue weighted by atomic mass is 10.1. The average molecular weight is 272 g/mol. The molecule has 0 aliphatic rings. The molecule has 0 saturated carbocycles. The zero-order valence-electron chi connectivity index (χ0n) is 11.9. The fourth-order valence-corrected chi connectivity index (χ4v) is 1.80. The molecule has 0 bridgehead atoms. The van der Waals surface area contributed by atoms with Crippen LogP contribution in [0.15, 0.2) is 30.6 Å². The summed E-state index contributed by atoms with van der Waals surface area (Å²) in [6.07, 6.45) is 2.45. The molecule has 0 spiro atoms. The van der Waals surface area contributed by atoms with Crippen LogP contribution >= 0.6 is 0 Å². The molecule has 5 heteroatoms. The normalized spacial score (nSPS) is 10.3. The third kappa shape index (κ3) is 3.60. The fourth-order valence-electron chi connectivity index (χ4n) is 1.80. The lowest BCUT2D eigenvalue weighted by Gasteiger charge is -2.10. The van der Waals surface area contributed by atoms with E-state index in [1.165, 1.54) is 6.33 Å². The summed E-state index contributed by atoms with van der Waals surface area (Å²) in [7, 11) is 0. The van der Waals surface area contributed by atoms with E-state index in [-0.39, 0.29) is 0 Å². The van der Waals surface area contributed by atoms with E-state index in [1.54, 1.807) is 6.07 Å². The summed E-state index contributed by atoms with van der Waals surface area (Å²) in [4.78, 5) is 8.25. The summed E-state index contributed by atoms with van der Waals surface area (Å²) in [5.74, 6) is 1.33. The first-order valence-electron chi connectivity index (χ1n) is 6.73. The molecule has 0 saturated heterocycles. The van der Waals surface area contributed by atoms with Gasteiger partial charge in [-0.1, -0.05) is 19.1 Å². The van der Waals surface area contributed by atoms with Crippen molar-refractivity contribution < 1.29 is 4.74 Å². The first-order chi connectivity index (χ1) is 9.70. The summed E-state index contributed by atoms with van der Waals surface area (Å²) < 4.78 is 5.48. The van der Waals surface area contributed by atoms with E-state index in [4.69, 9.17) is 10.5 Å². The minimum Gasteiger partial charge on any atom is -0.478 e. The number of nitrogen functional groups attached to an aromatic ring is 1. The minimum atomic E-state index is 0.591. The molecule has 1 aromatic heterocycles. The average Bonchev–Trinajstić information content (AvgIpc) is 2.47. The maximum atomic E-state index is 5.90. The van der Waals surface area contributed by atoms with Gasteiger partial charge in [0.15, 0.2) is 0 Å². The zero-order chi connectivity index (χ0) is 14.4. The van der Waals surface area contributed by atoms with E-state index in [2.05, 4.69) is 22.2 Å². The second-order valence-corrected chi connectivity index (χ2v) is 4.57. The Kier molecular flexibility index (Phi) is 4.76. The molecule has 5 nitrogen and oxygen atoms in total. The molecule has 0 fully saturated rings. The molecule has 106 valence electrons. The molecule has 3 N–H and O–H groups in total. The van der Waals surface area contributed by atoms with Crippen LogP contribution in [0.25, 0.3) is 0 Å². The van der Waals surface area contributed by atoms with Gasteiger partial charge in [0, 0.05) is 18.3 Å². The highest BCUT2D eigenvalue weighted by Gasteiger charge is 2.03. The largest absolute Gasteiger partial charge is 0.478 e. The molecular formula is C15H20N4O. The highest BCUT2D eigenvalue weighted by molar-refractivity contribution is 5.51. The van der Waals surface area contributed by atoms with E-state index in [0.717, 1.165) is 29.1 Å². The van der Waals surface area contributed by atoms with Crippen molar-refractivity contribution >= 4 is 11.5 Å². The molecule has 0 aliphatic carbocycles. The van der Waals surface area contributed by atoms with Crippen LogP contribution in [0.1, 0.15) is 24.5 Å². The molecule has 0 unspecified atom stereocenters. The number of aromatic nitrogens is 2. The second-order valence-electron chi connectivity index (χ2n) is 4.57. The minimum absolute atomic E-state index is 0.591. The van der Waals surface area contributed by atoms with Gasteiger partial charge in [-0.2, -0.15) is 0 Å². The number of hydrogen-bond donors (Lipinski definition) is 2. The molecular weight excluding hydrogens is 252 g/mol. The second kappa shape index (κ2) is 6.75. The van der Waals surface area contributed by atoms with Gasteiger partial charge in [0.05, 0.1) is 6.61 Å². The predicted molar refractivity (Wildman–Crippen MR) is 80.7 cm³/mol. The van der Waals surface area contributed by atoms with Gasteiger partial charge in [0.2, 0.25) is 5.88 Å². The van der Waals surface area contributed by atoms with Gasteiger partial charge < -0.3 is 15.8 Å². The number of rotatable bonds is 6. The Morgan fingerprint density at radius 2 is 2.15 bits per heavy atom. The number of hydrogen-bond acceptors (Lipinski definition) is 5. The monoisotopic (exact) mass is 272 g/mol. The van der Waals surface area contributed by atoms with Crippen molar-refractivity contribution in [3.63, 3.8) is 0 Å².